The third kappa shape index (κ3) is 4.24. The van der Waals surface area contributed by atoms with E-state index in [2.05, 4.69) is 20.8 Å². The molecule has 2 aromatic rings. The van der Waals surface area contributed by atoms with Gasteiger partial charge >= 0.3 is 12.0 Å². The number of urea groups is 1. The summed E-state index contributed by atoms with van der Waals surface area (Å²) in [5, 5.41) is 13.4. The van der Waals surface area contributed by atoms with Crippen molar-refractivity contribution in [3.63, 3.8) is 0 Å². The number of nitrogens with one attached hydrogen (secondary N) is 2. The lowest BCUT2D eigenvalue weighted by molar-refractivity contribution is 0.243. The molecule has 7 nitrogen and oxygen atoms in total. The minimum Gasteiger partial charge on any atom is -0.494 e. The molecule has 3 rings (SSSR count). The Labute approximate surface area is 140 Å². The lowest BCUT2D eigenvalue weighted by atomic mass is 9.96. The van der Waals surface area contributed by atoms with Gasteiger partial charge in [-0.3, -0.25) is 5.32 Å². The number of carbonyl (C=O) groups is 1. The third-order valence-electron chi connectivity index (χ3n) is 4.00. The van der Waals surface area contributed by atoms with E-state index in [4.69, 9.17) is 9.15 Å². The summed E-state index contributed by atoms with van der Waals surface area (Å²) in [6.07, 6.45) is 5.61. The molecule has 0 spiro atoms. The Bertz CT molecular complexity index is 663. The SMILES string of the molecule is CCOc1ccc(-c2nnc(NC(=O)NC3CCCCC3)o2)cc1. The molecule has 0 atom stereocenters. The van der Waals surface area contributed by atoms with Gasteiger partial charge in [0.05, 0.1) is 6.61 Å². The number of amides is 2. The smallest absolute Gasteiger partial charge is 0.324 e. The van der Waals surface area contributed by atoms with Crippen molar-refractivity contribution in [2.45, 2.75) is 45.1 Å². The Kier molecular flexibility index (Phi) is 5.30. The van der Waals surface area contributed by atoms with Crippen molar-refractivity contribution in [1.29, 1.82) is 0 Å². The molecule has 1 heterocycles. The number of ether oxygens (including phenoxy) is 1. The highest BCUT2D eigenvalue weighted by atomic mass is 16.5. The number of benzene rings is 1. The third-order valence-corrected chi connectivity index (χ3v) is 4.00. The molecule has 1 aliphatic carbocycles. The van der Waals surface area contributed by atoms with E-state index < -0.39 is 0 Å². The largest absolute Gasteiger partial charge is 0.494 e. The van der Waals surface area contributed by atoms with Crippen molar-refractivity contribution >= 4 is 12.0 Å². The highest BCUT2D eigenvalue weighted by molar-refractivity contribution is 5.87. The molecule has 7 heteroatoms. The summed E-state index contributed by atoms with van der Waals surface area (Å²) in [5.74, 6) is 1.14. The van der Waals surface area contributed by atoms with Crippen molar-refractivity contribution < 1.29 is 13.9 Å². The normalized spacial score (nSPS) is 15.0. The molecule has 0 aliphatic heterocycles. The van der Waals surface area contributed by atoms with Crippen molar-refractivity contribution in [1.82, 2.24) is 15.5 Å². The molecule has 0 bridgehead atoms. The van der Waals surface area contributed by atoms with E-state index in [0.717, 1.165) is 37.0 Å². The Morgan fingerprint density at radius 3 is 2.67 bits per heavy atom. The van der Waals surface area contributed by atoms with Crippen LogP contribution in [0.5, 0.6) is 5.75 Å². The van der Waals surface area contributed by atoms with Gasteiger partial charge in [-0.15, -0.1) is 5.10 Å². The number of aromatic nitrogens is 2. The van der Waals surface area contributed by atoms with Gasteiger partial charge in [0.1, 0.15) is 5.75 Å². The lowest BCUT2D eigenvalue weighted by Gasteiger charge is -2.22. The summed E-state index contributed by atoms with van der Waals surface area (Å²) < 4.78 is 10.9. The maximum atomic E-state index is 12.0. The van der Waals surface area contributed by atoms with Gasteiger partial charge < -0.3 is 14.5 Å². The van der Waals surface area contributed by atoms with Gasteiger partial charge in [-0.1, -0.05) is 24.4 Å². The van der Waals surface area contributed by atoms with Crippen LogP contribution in [0.15, 0.2) is 28.7 Å². The second-order valence-corrected chi connectivity index (χ2v) is 5.80. The Hall–Kier alpha value is -2.57. The van der Waals surface area contributed by atoms with E-state index in [1.807, 2.05) is 31.2 Å². The molecule has 0 unspecified atom stereocenters. The fourth-order valence-electron chi connectivity index (χ4n) is 2.82. The first-order valence-corrected chi connectivity index (χ1v) is 8.39. The zero-order valence-electron chi connectivity index (χ0n) is 13.7. The van der Waals surface area contributed by atoms with Crippen molar-refractivity contribution in [3.05, 3.63) is 24.3 Å². The van der Waals surface area contributed by atoms with Crippen molar-refractivity contribution in [2.24, 2.45) is 0 Å². The molecule has 1 aromatic carbocycles. The number of hydrogen-bond donors (Lipinski definition) is 2. The predicted molar refractivity (Wildman–Crippen MR) is 89.9 cm³/mol. The van der Waals surface area contributed by atoms with Crippen LogP contribution in [0.4, 0.5) is 10.8 Å². The van der Waals surface area contributed by atoms with E-state index in [1.54, 1.807) is 0 Å². The Morgan fingerprint density at radius 1 is 1.21 bits per heavy atom. The Balaban J connectivity index is 1.57. The van der Waals surface area contributed by atoms with Gasteiger partial charge in [-0.05, 0) is 44.0 Å². The Morgan fingerprint density at radius 2 is 1.96 bits per heavy atom. The van der Waals surface area contributed by atoms with E-state index in [0.29, 0.717) is 12.5 Å². The molecule has 24 heavy (non-hydrogen) atoms. The van der Waals surface area contributed by atoms with Crippen molar-refractivity contribution in [3.8, 4) is 17.2 Å². The average Bonchev–Trinajstić information content (AvgIpc) is 3.05. The molecule has 0 radical (unpaired) electrons. The minimum absolute atomic E-state index is 0.0900. The molecule has 128 valence electrons. The molecule has 2 N–H and O–H groups in total. The second-order valence-electron chi connectivity index (χ2n) is 5.80. The topological polar surface area (TPSA) is 89.3 Å². The fraction of sp³-hybridized carbons (Fsp3) is 0.471. The molecule has 1 saturated carbocycles. The van der Waals surface area contributed by atoms with Crippen LogP contribution in [0.25, 0.3) is 11.5 Å². The first-order chi connectivity index (χ1) is 11.7. The quantitative estimate of drug-likeness (QED) is 0.874. The molecule has 1 aromatic heterocycles. The summed E-state index contributed by atoms with van der Waals surface area (Å²) in [6.45, 7) is 2.55. The number of rotatable bonds is 5. The van der Waals surface area contributed by atoms with E-state index >= 15 is 0 Å². The second kappa shape index (κ2) is 7.81. The number of nitrogens with zero attached hydrogens (tertiary/aromatic N) is 2. The van der Waals surface area contributed by atoms with Gasteiger partial charge in [0.2, 0.25) is 5.89 Å². The van der Waals surface area contributed by atoms with Crippen LogP contribution in [-0.2, 0) is 0 Å². The maximum absolute atomic E-state index is 12.0. The molecule has 2 amide bonds. The summed E-state index contributed by atoms with van der Waals surface area (Å²) >= 11 is 0. The van der Waals surface area contributed by atoms with Gasteiger partial charge in [-0.2, -0.15) is 0 Å². The minimum atomic E-state index is -0.302. The predicted octanol–water partition coefficient (Wildman–Crippen LogP) is 3.59. The number of anilines is 1. The average molecular weight is 330 g/mol. The van der Waals surface area contributed by atoms with Gasteiger partial charge in [0, 0.05) is 11.6 Å². The lowest BCUT2D eigenvalue weighted by Crippen LogP contribution is -2.39. The first kappa shape index (κ1) is 16.3. The van der Waals surface area contributed by atoms with Gasteiger partial charge in [-0.25, -0.2) is 4.79 Å². The molecule has 1 aliphatic rings. The first-order valence-electron chi connectivity index (χ1n) is 8.39. The molecular formula is C17H22N4O3. The zero-order valence-corrected chi connectivity index (χ0v) is 13.7. The monoisotopic (exact) mass is 330 g/mol. The molecule has 0 saturated heterocycles. The highest BCUT2D eigenvalue weighted by Gasteiger charge is 2.17. The summed E-state index contributed by atoms with van der Waals surface area (Å²) in [4.78, 5) is 12.0. The summed E-state index contributed by atoms with van der Waals surface area (Å²) in [7, 11) is 0. The van der Waals surface area contributed by atoms with Crippen LogP contribution in [0, 0.1) is 0 Å². The number of hydrogen-bond acceptors (Lipinski definition) is 5. The summed E-state index contributed by atoms with van der Waals surface area (Å²) in [6, 6.07) is 7.37. The zero-order chi connectivity index (χ0) is 16.8. The van der Waals surface area contributed by atoms with E-state index in [-0.39, 0.29) is 18.1 Å². The van der Waals surface area contributed by atoms with Crippen LogP contribution in [-0.4, -0.2) is 28.9 Å². The van der Waals surface area contributed by atoms with Crippen LogP contribution in [0.3, 0.4) is 0 Å². The molecule has 1 fully saturated rings. The van der Waals surface area contributed by atoms with E-state index in [1.165, 1.54) is 6.42 Å². The molecular weight excluding hydrogens is 308 g/mol. The van der Waals surface area contributed by atoms with Crippen LogP contribution in [0.1, 0.15) is 39.0 Å². The van der Waals surface area contributed by atoms with Gasteiger partial charge in [0.25, 0.3) is 0 Å². The summed E-state index contributed by atoms with van der Waals surface area (Å²) in [5.41, 5.74) is 0.770. The van der Waals surface area contributed by atoms with E-state index in [9.17, 15) is 4.79 Å². The highest BCUT2D eigenvalue weighted by Crippen LogP contribution is 2.23. The van der Waals surface area contributed by atoms with Crippen LogP contribution < -0.4 is 15.4 Å². The standard InChI is InChI=1S/C17H22N4O3/c1-2-23-14-10-8-12(9-11-14)15-20-21-17(24-15)19-16(22)18-13-6-4-3-5-7-13/h8-11,13H,2-7H2,1H3,(H2,18,19,21,22). The van der Waals surface area contributed by atoms with Crippen molar-refractivity contribution in [2.75, 3.05) is 11.9 Å². The van der Waals surface area contributed by atoms with Crippen LogP contribution >= 0.6 is 0 Å². The maximum Gasteiger partial charge on any atom is 0.324 e. The van der Waals surface area contributed by atoms with Crippen LogP contribution in [0.2, 0.25) is 0 Å². The van der Waals surface area contributed by atoms with Gasteiger partial charge in [0.15, 0.2) is 0 Å². The fourth-order valence-corrected chi connectivity index (χ4v) is 2.82. The number of carbonyl (C=O) groups excluding carboxylic acids is 1.